The van der Waals surface area contributed by atoms with Crippen LogP contribution in [-0.2, 0) is 0 Å². The monoisotopic (exact) mass is 395 g/mol. The Hall–Kier alpha value is -3.74. The number of carbonyl (C=O) groups is 2. The van der Waals surface area contributed by atoms with Crippen molar-refractivity contribution in [2.24, 2.45) is 0 Å². The van der Waals surface area contributed by atoms with E-state index in [0.717, 1.165) is 0 Å². The molecule has 0 saturated carbocycles. The summed E-state index contributed by atoms with van der Waals surface area (Å²) in [6, 6.07) is 16.8. The molecule has 150 valence electrons. The standard InChI is InChI=1S/C22H21NO6/c1-3-27-19-7-5-4-6-17(19)23-21(24)15-8-10-16(11-9-15)28-14(2)18-12-13-20(29-18)22(25)26/h4-14H,3H2,1-2H3,(H,23,24)(H,25,26). The highest BCUT2D eigenvalue weighted by Crippen LogP contribution is 2.26. The maximum atomic E-state index is 12.5. The Kier molecular flexibility index (Phi) is 6.19. The van der Waals surface area contributed by atoms with Gasteiger partial charge in [0.15, 0.2) is 6.10 Å². The molecule has 0 radical (unpaired) electrons. The molecule has 1 aromatic heterocycles. The summed E-state index contributed by atoms with van der Waals surface area (Å²) in [5, 5.41) is 11.8. The number of ether oxygens (including phenoxy) is 2. The molecule has 0 aliphatic carbocycles. The molecule has 3 aromatic rings. The Balaban J connectivity index is 1.65. The summed E-state index contributed by atoms with van der Waals surface area (Å²) in [6.07, 6.45) is -0.485. The molecule has 2 aromatic carbocycles. The van der Waals surface area contributed by atoms with E-state index in [9.17, 15) is 9.59 Å². The van der Waals surface area contributed by atoms with Gasteiger partial charge in [-0.2, -0.15) is 0 Å². The first kappa shape index (κ1) is 20.0. The number of carbonyl (C=O) groups excluding carboxylic acids is 1. The van der Waals surface area contributed by atoms with E-state index < -0.39 is 12.1 Å². The molecule has 0 aliphatic rings. The van der Waals surface area contributed by atoms with E-state index in [4.69, 9.17) is 19.0 Å². The minimum atomic E-state index is -1.13. The van der Waals surface area contributed by atoms with E-state index in [1.54, 1.807) is 49.4 Å². The molecule has 0 spiro atoms. The number of carboxylic acid groups (broad SMARTS) is 1. The van der Waals surface area contributed by atoms with Crippen LogP contribution in [-0.4, -0.2) is 23.6 Å². The van der Waals surface area contributed by atoms with Crippen molar-refractivity contribution in [2.75, 3.05) is 11.9 Å². The largest absolute Gasteiger partial charge is 0.492 e. The molecule has 0 aliphatic heterocycles. The second-order valence-corrected chi connectivity index (χ2v) is 6.17. The van der Waals surface area contributed by atoms with Gasteiger partial charge < -0.3 is 24.3 Å². The van der Waals surface area contributed by atoms with Gasteiger partial charge in [0.05, 0.1) is 12.3 Å². The smallest absolute Gasteiger partial charge is 0.371 e. The molecule has 0 saturated heterocycles. The van der Waals surface area contributed by atoms with E-state index in [1.807, 2.05) is 19.1 Å². The van der Waals surface area contributed by atoms with Crippen molar-refractivity contribution in [1.29, 1.82) is 0 Å². The number of hydrogen-bond acceptors (Lipinski definition) is 5. The number of nitrogens with one attached hydrogen (secondary N) is 1. The highest BCUT2D eigenvalue weighted by atomic mass is 16.5. The van der Waals surface area contributed by atoms with Gasteiger partial charge in [-0.1, -0.05) is 12.1 Å². The van der Waals surface area contributed by atoms with E-state index in [2.05, 4.69) is 5.32 Å². The molecule has 1 heterocycles. The maximum absolute atomic E-state index is 12.5. The van der Waals surface area contributed by atoms with Crippen LogP contribution >= 0.6 is 0 Å². The van der Waals surface area contributed by atoms with Gasteiger partial charge in [-0.15, -0.1) is 0 Å². The highest BCUT2D eigenvalue weighted by molar-refractivity contribution is 6.05. The van der Waals surface area contributed by atoms with Gasteiger partial charge in [0.2, 0.25) is 5.76 Å². The lowest BCUT2D eigenvalue weighted by Crippen LogP contribution is -2.13. The molecule has 0 fully saturated rings. The summed E-state index contributed by atoms with van der Waals surface area (Å²) in [4.78, 5) is 23.4. The van der Waals surface area contributed by atoms with Gasteiger partial charge in [-0.25, -0.2) is 4.79 Å². The van der Waals surface area contributed by atoms with E-state index in [0.29, 0.717) is 35.1 Å². The molecule has 1 amide bonds. The van der Waals surface area contributed by atoms with Gasteiger partial charge in [0, 0.05) is 5.56 Å². The van der Waals surface area contributed by atoms with Crippen LogP contribution in [0, 0.1) is 0 Å². The van der Waals surface area contributed by atoms with Crippen LogP contribution < -0.4 is 14.8 Å². The number of rotatable bonds is 8. The second kappa shape index (κ2) is 8.97. The van der Waals surface area contributed by atoms with E-state index in [-0.39, 0.29) is 11.7 Å². The first-order chi connectivity index (χ1) is 14.0. The van der Waals surface area contributed by atoms with Crippen molar-refractivity contribution >= 4 is 17.6 Å². The predicted octanol–water partition coefficient (Wildman–Crippen LogP) is 4.77. The van der Waals surface area contributed by atoms with Crippen LogP contribution in [0.5, 0.6) is 11.5 Å². The summed E-state index contributed by atoms with van der Waals surface area (Å²) in [5.74, 6) is -0.0153. The molecule has 7 heteroatoms. The van der Waals surface area contributed by atoms with Gasteiger partial charge >= 0.3 is 5.97 Å². The number of benzene rings is 2. The zero-order chi connectivity index (χ0) is 20.8. The van der Waals surface area contributed by atoms with E-state index >= 15 is 0 Å². The summed E-state index contributed by atoms with van der Waals surface area (Å²) in [6.45, 7) is 4.12. The fraction of sp³-hybridized carbons (Fsp3) is 0.182. The van der Waals surface area contributed by atoms with Gasteiger partial charge in [-0.05, 0) is 62.4 Å². The van der Waals surface area contributed by atoms with Crippen LogP contribution in [0.2, 0.25) is 0 Å². The number of anilines is 1. The molecular weight excluding hydrogens is 374 g/mol. The summed E-state index contributed by atoms with van der Waals surface area (Å²) in [5.41, 5.74) is 1.06. The summed E-state index contributed by atoms with van der Waals surface area (Å²) >= 11 is 0. The molecule has 3 rings (SSSR count). The van der Waals surface area contributed by atoms with Crippen LogP contribution in [0.15, 0.2) is 65.1 Å². The van der Waals surface area contributed by atoms with Crippen molar-refractivity contribution in [3.63, 3.8) is 0 Å². The average molecular weight is 395 g/mol. The lowest BCUT2D eigenvalue weighted by atomic mass is 10.2. The van der Waals surface area contributed by atoms with E-state index in [1.165, 1.54) is 6.07 Å². The van der Waals surface area contributed by atoms with Crippen LogP contribution in [0.4, 0.5) is 5.69 Å². The molecule has 1 unspecified atom stereocenters. The normalized spacial score (nSPS) is 11.5. The van der Waals surface area contributed by atoms with Crippen LogP contribution in [0.3, 0.4) is 0 Å². The average Bonchev–Trinajstić information content (AvgIpc) is 3.21. The minimum Gasteiger partial charge on any atom is -0.492 e. The minimum absolute atomic E-state index is 0.144. The Morgan fingerprint density at radius 1 is 1.07 bits per heavy atom. The molecule has 2 N–H and O–H groups in total. The Bertz CT molecular complexity index is 993. The Morgan fingerprint density at radius 2 is 1.79 bits per heavy atom. The number of furan rings is 1. The van der Waals surface area contributed by atoms with Gasteiger partial charge in [0.25, 0.3) is 5.91 Å². The fourth-order valence-electron chi connectivity index (χ4n) is 2.68. The highest BCUT2D eigenvalue weighted by Gasteiger charge is 2.16. The SMILES string of the molecule is CCOc1ccccc1NC(=O)c1ccc(OC(C)c2ccc(C(=O)O)o2)cc1. The summed E-state index contributed by atoms with van der Waals surface area (Å²) < 4.78 is 16.5. The summed E-state index contributed by atoms with van der Waals surface area (Å²) in [7, 11) is 0. The Morgan fingerprint density at radius 3 is 2.45 bits per heavy atom. The number of carboxylic acids is 1. The zero-order valence-corrected chi connectivity index (χ0v) is 16.0. The van der Waals surface area contributed by atoms with Gasteiger partial charge in [0.1, 0.15) is 17.3 Å². The third-order valence-electron chi connectivity index (χ3n) is 4.10. The van der Waals surface area contributed by atoms with Crippen molar-refractivity contribution in [3.8, 4) is 11.5 Å². The third kappa shape index (κ3) is 4.95. The topological polar surface area (TPSA) is 98.0 Å². The molecule has 7 nitrogen and oxygen atoms in total. The zero-order valence-electron chi connectivity index (χ0n) is 16.0. The first-order valence-corrected chi connectivity index (χ1v) is 9.11. The van der Waals surface area contributed by atoms with Crippen molar-refractivity contribution < 1.29 is 28.6 Å². The Labute approximate surface area is 167 Å². The molecule has 1 atom stereocenters. The first-order valence-electron chi connectivity index (χ1n) is 9.11. The fourth-order valence-corrected chi connectivity index (χ4v) is 2.68. The lowest BCUT2D eigenvalue weighted by molar-refractivity contribution is 0.0655. The van der Waals surface area contributed by atoms with Crippen molar-refractivity contribution in [2.45, 2.75) is 20.0 Å². The number of hydrogen-bond donors (Lipinski definition) is 2. The van der Waals surface area contributed by atoms with Crippen molar-refractivity contribution in [3.05, 3.63) is 77.7 Å². The van der Waals surface area contributed by atoms with Crippen molar-refractivity contribution in [1.82, 2.24) is 0 Å². The number of aromatic carboxylic acids is 1. The second-order valence-electron chi connectivity index (χ2n) is 6.17. The maximum Gasteiger partial charge on any atom is 0.371 e. The number of para-hydroxylation sites is 2. The molecular formula is C22H21NO6. The number of amides is 1. The lowest BCUT2D eigenvalue weighted by Gasteiger charge is -2.13. The predicted molar refractivity (Wildman–Crippen MR) is 107 cm³/mol. The molecule has 0 bridgehead atoms. The quantitative estimate of drug-likeness (QED) is 0.570. The molecule has 29 heavy (non-hydrogen) atoms. The third-order valence-corrected chi connectivity index (χ3v) is 4.10. The van der Waals surface area contributed by atoms with Crippen LogP contribution in [0.25, 0.3) is 0 Å². The van der Waals surface area contributed by atoms with Crippen LogP contribution in [0.1, 0.15) is 46.6 Å². The van der Waals surface area contributed by atoms with Gasteiger partial charge in [-0.3, -0.25) is 4.79 Å².